The molecule has 0 aliphatic carbocycles. The lowest BCUT2D eigenvalue weighted by molar-refractivity contribution is -0.159. The molecule has 1 unspecified atom stereocenters. The van der Waals surface area contributed by atoms with Crippen molar-refractivity contribution in [2.24, 2.45) is 5.92 Å². The van der Waals surface area contributed by atoms with Gasteiger partial charge < -0.3 is 23.7 Å². The van der Waals surface area contributed by atoms with Crippen LogP contribution in [0, 0.1) is 11.7 Å². The lowest BCUT2D eigenvalue weighted by atomic mass is 9.82. The van der Waals surface area contributed by atoms with Crippen molar-refractivity contribution in [1.29, 1.82) is 0 Å². The van der Waals surface area contributed by atoms with Gasteiger partial charge in [-0.25, -0.2) is 4.39 Å². The first kappa shape index (κ1) is 23.0. The average molecular weight is 420 g/mol. The highest BCUT2D eigenvalue weighted by atomic mass is 19.1. The summed E-state index contributed by atoms with van der Waals surface area (Å²) < 4.78 is 39.5. The lowest BCUT2D eigenvalue weighted by Gasteiger charge is -2.25. The number of ether oxygens (including phenoxy) is 5. The molecule has 7 nitrogen and oxygen atoms in total. The summed E-state index contributed by atoms with van der Waals surface area (Å²) in [6, 6.07) is 9.09. The van der Waals surface area contributed by atoms with Gasteiger partial charge in [0.05, 0.1) is 35.5 Å². The van der Waals surface area contributed by atoms with Crippen LogP contribution in [-0.2, 0) is 19.1 Å². The van der Waals surface area contributed by atoms with Gasteiger partial charge in [-0.3, -0.25) is 9.59 Å². The van der Waals surface area contributed by atoms with Gasteiger partial charge in [0.15, 0.2) is 5.92 Å². The first-order valence-corrected chi connectivity index (χ1v) is 9.11. The molecule has 2 aromatic rings. The topological polar surface area (TPSA) is 80.3 Å². The summed E-state index contributed by atoms with van der Waals surface area (Å²) in [5.74, 6) is -2.31. The van der Waals surface area contributed by atoms with Gasteiger partial charge in [-0.15, -0.1) is 0 Å². The van der Waals surface area contributed by atoms with Gasteiger partial charge in [0.2, 0.25) is 0 Å². The molecule has 0 saturated carbocycles. The molecule has 2 aromatic carbocycles. The molecule has 0 aromatic heterocycles. The molecule has 0 N–H and O–H groups in total. The zero-order valence-corrected chi connectivity index (χ0v) is 17.6. The number of hydrogen-bond acceptors (Lipinski definition) is 7. The summed E-state index contributed by atoms with van der Waals surface area (Å²) in [6.07, 6.45) is -0.00989. The highest BCUT2D eigenvalue weighted by molar-refractivity contribution is 5.95. The van der Waals surface area contributed by atoms with E-state index >= 15 is 0 Å². The maximum absolute atomic E-state index is 13.6. The molecular formula is C22H25FO7. The summed E-state index contributed by atoms with van der Waals surface area (Å²) in [6.45, 7) is 0. The molecule has 0 spiro atoms. The van der Waals surface area contributed by atoms with Crippen molar-refractivity contribution in [2.45, 2.75) is 12.3 Å². The summed E-state index contributed by atoms with van der Waals surface area (Å²) >= 11 is 0. The Morgan fingerprint density at radius 1 is 0.833 bits per heavy atom. The Balaban J connectivity index is 2.69. The van der Waals surface area contributed by atoms with Crippen LogP contribution in [0.15, 0.2) is 36.4 Å². The molecule has 30 heavy (non-hydrogen) atoms. The van der Waals surface area contributed by atoms with Crippen LogP contribution in [0.5, 0.6) is 17.2 Å². The minimum atomic E-state index is -1.20. The number of carbonyl (C=O) groups is 2. The number of methoxy groups -OCH3 is 5. The fourth-order valence-corrected chi connectivity index (χ4v) is 3.30. The molecule has 0 heterocycles. The predicted molar refractivity (Wildman–Crippen MR) is 106 cm³/mol. The van der Waals surface area contributed by atoms with Crippen LogP contribution in [0.1, 0.15) is 23.5 Å². The van der Waals surface area contributed by atoms with E-state index in [1.54, 1.807) is 24.3 Å². The van der Waals surface area contributed by atoms with E-state index in [-0.39, 0.29) is 6.42 Å². The molecule has 0 radical (unpaired) electrons. The number of benzene rings is 2. The standard InChI is InChI=1S/C22H25FO7/c1-26-15-10-18(27-2)20(19(11-15)28-3)16(13-6-8-14(23)9-7-13)12-17(21(24)29-4)22(25)30-5/h6-11,16-17H,12H2,1-5H3. The van der Waals surface area contributed by atoms with E-state index < -0.39 is 29.6 Å². The highest BCUT2D eigenvalue weighted by Gasteiger charge is 2.35. The van der Waals surface area contributed by atoms with Gasteiger partial charge in [-0.1, -0.05) is 12.1 Å². The largest absolute Gasteiger partial charge is 0.496 e. The van der Waals surface area contributed by atoms with Crippen LogP contribution < -0.4 is 14.2 Å². The van der Waals surface area contributed by atoms with E-state index in [0.717, 1.165) is 0 Å². The molecule has 0 amide bonds. The van der Waals surface area contributed by atoms with Crippen molar-refractivity contribution >= 4 is 11.9 Å². The average Bonchev–Trinajstić information content (AvgIpc) is 2.78. The molecule has 0 aliphatic heterocycles. The third-order valence-corrected chi connectivity index (χ3v) is 4.82. The molecule has 162 valence electrons. The van der Waals surface area contributed by atoms with Crippen molar-refractivity contribution in [3.8, 4) is 17.2 Å². The number of rotatable bonds is 9. The Morgan fingerprint density at radius 3 is 1.73 bits per heavy atom. The monoisotopic (exact) mass is 420 g/mol. The number of carbonyl (C=O) groups excluding carboxylic acids is 2. The van der Waals surface area contributed by atoms with Gasteiger partial charge >= 0.3 is 11.9 Å². The van der Waals surface area contributed by atoms with E-state index in [1.807, 2.05) is 0 Å². The van der Waals surface area contributed by atoms with Crippen molar-refractivity contribution in [3.63, 3.8) is 0 Å². The normalized spacial score (nSPS) is 11.6. The van der Waals surface area contributed by atoms with E-state index in [9.17, 15) is 14.0 Å². The maximum atomic E-state index is 13.6. The Kier molecular flexibility index (Phi) is 8.03. The Hall–Kier alpha value is -3.29. The molecule has 0 bridgehead atoms. The van der Waals surface area contributed by atoms with Gasteiger partial charge in [0, 0.05) is 23.6 Å². The van der Waals surface area contributed by atoms with E-state index in [2.05, 4.69) is 0 Å². The van der Waals surface area contributed by atoms with Gasteiger partial charge in [0.25, 0.3) is 0 Å². The van der Waals surface area contributed by atoms with Crippen LogP contribution in [0.3, 0.4) is 0 Å². The molecule has 0 aliphatic rings. The minimum Gasteiger partial charge on any atom is -0.496 e. The van der Waals surface area contributed by atoms with Crippen molar-refractivity contribution in [3.05, 3.63) is 53.3 Å². The van der Waals surface area contributed by atoms with Gasteiger partial charge in [0.1, 0.15) is 23.1 Å². The maximum Gasteiger partial charge on any atom is 0.320 e. The smallest absolute Gasteiger partial charge is 0.320 e. The van der Waals surface area contributed by atoms with E-state index in [0.29, 0.717) is 28.4 Å². The summed E-state index contributed by atoms with van der Waals surface area (Å²) in [5, 5.41) is 0. The SMILES string of the molecule is COC(=O)C(CC(c1ccc(F)cc1)c1c(OC)cc(OC)cc1OC)C(=O)OC. The number of halogens is 1. The summed E-state index contributed by atoms with van der Waals surface area (Å²) in [7, 11) is 6.87. The fraction of sp³-hybridized carbons (Fsp3) is 0.364. The predicted octanol–water partition coefficient (Wildman–Crippen LogP) is 3.34. The zero-order chi connectivity index (χ0) is 22.3. The van der Waals surface area contributed by atoms with Crippen LogP contribution in [0.2, 0.25) is 0 Å². The minimum absolute atomic E-state index is 0.00989. The quantitative estimate of drug-likeness (QED) is 0.455. The zero-order valence-electron chi connectivity index (χ0n) is 17.6. The number of hydrogen-bond donors (Lipinski definition) is 0. The van der Waals surface area contributed by atoms with Crippen LogP contribution in [0.4, 0.5) is 4.39 Å². The summed E-state index contributed by atoms with van der Waals surface area (Å²) in [4.78, 5) is 24.6. The molecule has 2 rings (SSSR count). The third kappa shape index (κ3) is 5.00. The van der Waals surface area contributed by atoms with Gasteiger partial charge in [-0.2, -0.15) is 0 Å². The van der Waals surface area contributed by atoms with Gasteiger partial charge in [-0.05, 0) is 24.1 Å². The Bertz CT molecular complexity index is 839. The molecule has 0 saturated heterocycles. The van der Waals surface area contributed by atoms with Crippen molar-refractivity contribution in [2.75, 3.05) is 35.5 Å². The fourth-order valence-electron chi connectivity index (χ4n) is 3.30. The van der Waals surface area contributed by atoms with E-state index in [1.165, 1.54) is 47.7 Å². The van der Waals surface area contributed by atoms with Crippen LogP contribution in [-0.4, -0.2) is 47.5 Å². The van der Waals surface area contributed by atoms with Crippen molar-refractivity contribution in [1.82, 2.24) is 0 Å². The molecular weight excluding hydrogens is 395 g/mol. The second-order valence-electron chi connectivity index (χ2n) is 6.38. The Labute approximate surface area is 174 Å². The number of esters is 2. The highest BCUT2D eigenvalue weighted by Crippen LogP contribution is 2.44. The molecule has 0 fully saturated rings. The first-order valence-electron chi connectivity index (χ1n) is 9.11. The van der Waals surface area contributed by atoms with E-state index in [4.69, 9.17) is 23.7 Å². The van der Waals surface area contributed by atoms with Crippen LogP contribution in [0.25, 0.3) is 0 Å². The second kappa shape index (κ2) is 10.5. The molecule has 8 heteroatoms. The summed E-state index contributed by atoms with van der Waals surface area (Å²) in [5.41, 5.74) is 1.22. The first-order chi connectivity index (χ1) is 14.4. The second-order valence-corrected chi connectivity index (χ2v) is 6.38. The van der Waals surface area contributed by atoms with Crippen LogP contribution >= 0.6 is 0 Å². The molecule has 1 atom stereocenters. The Morgan fingerprint density at radius 2 is 1.33 bits per heavy atom. The lowest BCUT2D eigenvalue weighted by Crippen LogP contribution is -2.28. The third-order valence-electron chi connectivity index (χ3n) is 4.82. The van der Waals surface area contributed by atoms with Crippen molar-refractivity contribution < 1.29 is 37.7 Å².